The van der Waals surface area contributed by atoms with Gasteiger partial charge in [-0.05, 0) is 35.7 Å². The van der Waals surface area contributed by atoms with E-state index in [1.165, 1.54) is 10.9 Å². The predicted molar refractivity (Wildman–Crippen MR) is 58.8 cm³/mol. The van der Waals surface area contributed by atoms with Crippen molar-refractivity contribution >= 4 is 17.1 Å². The molecule has 14 heavy (non-hydrogen) atoms. The smallest absolute Gasteiger partial charge is 0.150 e. The molecule has 2 aromatic rings. The number of benzene rings is 2. The van der Waals surface area contributed by atoms with Gasteiger partial charge in [0.15, 0.2) is 6.29 Å². The largest absolute Gasteiger partial charge is 0.298 e. The van der Waals surface area contributed by atoms with Crippen LogP contribution in [0.25, 0.3) is 10.8 Å². The molecular weight excluding hydrogens is 172 g/mol. The molecule has 0 saturated carbocycles. The van der Waals surface area contributed by atoms with Gasteiger partial charge in [-0.1, -0.05) is 30.3 Å². The average Bonchev–Trinajstić information content (AvgIpc) is 2.18. The Morgan fingerprint density at radius 2 is 1.64 bits per heavy atom. The third-order valence-electron chi connectivity index (χ3n) is 2.62. The fourth-order valence-electron chi connectivity index (χ4n) is 1.91. The van der Waals surface area contributed by atoms with Crippen molar-refractivity contribution in [3.05, 3.63) is 47.0 Å². The van der Waals surface area contributed by atoms with Crippen LogP contribution in [0.3, 0.4) is 0 Å². The highest BCUT2D eigenvalue weighted by atomic mass is 16.1. The Morgan fingerprint density at radius 1 is 1.00 bits per heavy atom. The fourth-order valence-corrected chi connectivity index (χ4v) is 1.91. The average molecular weight is 184 g/mol. The Balaban J connectivity index is 2.97. The Kier molecular flexibility index (Phi) is 2.08. The van der Waals surface area contributed by atoms with E-state index in [1.54, 1.807) is 0 Å². The SMILES string of the molecule is Cc1cc(C)c2ccccc2c1C=O. The molecule has 0 atom stereocenters. The van der Waals surface area contributed by atoms with Gasteiger partial charge in [0.2, 0.25) is 0 Å². The first kappa shape index (κ1) is 8.95. The Labute approximate surface area is 83.4 Å². The van der Waals surface area contributed by atoms with Crippen LogP contribution in [-0.4, -0.2) is 6.29 Å². The van der Waals surface area contributed by atoms with Gasteiger partial charge in [-0.3, -0.25) is 4.79 Å². The van der Waals surface area contributed by atoms with Crippen molar-refractivity contribution in [3.63, 3.8) is 0 Å². The highest BCUT2D eigenvalue weighted by Gasteiger charge is 2.05. The standard InChI is InChI=1S/C13H12O/c1-9-7-10(2)13(8-14)12-6-4-3-5-11(9)12/h3-8H,1-2H3. The van der Waals surface area contributed by atoms with Crippen molar-refractivity contribution in [1.82, 2.24) is 0 Å². The molecule has 0 saturated heterocycles. The van der Waals surface area contributed by atoms with Crippen LogP contribution in [0.2, 0.25) is 0 Å². The third kappa shape index (κ3) is 1.22. The lowest BCUT2D eigenvalue weighted by Gasteiger charge is -2.07. The molecule has 0 aliphatic rings. The molecule has 0 heterocycles. The van der Waals surface area contributed by atoms with Crippen LogP contribution in [0.4, 0.5) is 0 Å². The molecule has 1 heteroatoms. The molecule has 0 fully saturated rings. The zero-order valence-corrected chi connectivity index (χ0v) is 8.37. The number of fused-ring (bicyclic) bond motifs is 1. The van der Waals surface area contributed by atoms with Crippen molar-refractivity contribution in [2.24, 2.45) is 0 Å². The summed E-state index contributed by atoms with van der Waals surface area (Å²) in [5.41, 5.74) is 3.09. The molecular formula is C13H12O. The Bertz CT molecular complexity index is 498. The summed E-state index contributed by atoms with van der Waals surface area (Å²) >= 11 is 0. The summed E-state index contributed by atoms with van der Waals surface area (Å²) in [6.45, 7) is 4.05. The fraction of sp³-hybridized carbons (Fsp3) is 0.154. The number of aldehydes is 1. The summed E-state index contributed by atoms with van der Waals surface area (Å²) < 4.78 is 0. The van der Waals surface area contributed by atoms with E-state index in [0.717, 1.165) is 22.8 Å². The van der Waals surface area contributed by atoms with Gasteiger partial charge in [0.05, 0.1) is 0 Å². The van der Waals surface area contributed by atoms with E-state index in [0.29, 0.717) is 0 Å². The summed E-state index contributed by atoms with van der Waals surface area (Å²) in [6, 6.07) is 10.1. The first-order valence-electron chi connectivity index (χ1n) is 4.68. The minimum atomic E-state index is 0.811. The molecule has 0 aromatic heterocycles. The minimum Gasteiger partial charge on any atom is -0.298 e. The van der Waals surface area contributed by atoms with Gasteiger partial charge in [0.25, 0.3) is 0 Å². The molecule has 2 rings (SSSR count). The van der Waals surface area contributed by atoms with Crippen LogP contribution in [0.5, 0.6) is 0 Å². The van der Waals surface area contributed by atoms with E-state index < -0.39 is 0 Å². The van der Waals surface area contributed by atoms with Gasteiger partial charge in [0.1, 0.15) is 0 Å². The van der Waals surface area contributed by atoms with Gasteiger partial charge in [-0.25, -0.2) is 0 Å². The molecule has 0 amide bonds. The molecule has 0 spiro atoms. The van der Waals surface area contributed by atoms with Gasteiger partial charge < -0.3 is 0 Å². The van der Waals surface area contributed by atoms with Crippen molar-refractivity contribution in [2.45, 2.75) is 13.8 Å². The maximum atomic E-state index is 11.0. The minimum absolute atomic E-state index is 0.811. The van der Waals surface area contributed by atoms with E-state index in [1.807, 2.05) is 25.1 Å². The lowest BCUT2D eigenvalue weighted by Crippen LogP contribution is -1.91. The van der Waals surface area contributed by atoms with Crippen LogP contribution in [0, 0.1) is 13.8 Å². The van der Waals surface area contributed by atoms with Crippen LogP contribution in [0.15, 0.2) is 30.3 Å². The zero-order chi connectivity index (χ0) is 10.1. The van der Waals surface area contributed by atoms with E-state index in [9.17, 15) is 4.79 Å². The number of rotatable bonds is 1. The molecule has 1 nitrogen and oxygen atoms in total. The Hall–Kier alpha value is -1.63. The molecule has 0 aliphatic heterocycles. The lowest BCUT2D eigenvalue weighted by molar-refractivity contribution is 0.112. The van der Waals surface area contributed by atoms with E-state index in [-0.39, 0.29) is 0 Å². The second kappa shape index (κ2) is 3.26. The molecule has 0 aliphatic carbocycles. The van der Waals surface area contributed by atoms with Gasteiger partial charge >= 0.3 is 0 Å². The first-order chi connectivity index (χ1) is 6.74. The number of aryl methyl sites for hydroxylation is 2. The monoisotopic (exact) mass is 184 g/mol. The van der Waals surface area contributed by atoms with Crippen LogP contribution in [-0.2, 0) is 0 Å². The second-order valence-corrected chi connectivity index (χ2v) is 3.59. The normalized spacial score (nSPS) is 10.4. The number of carbonyl (C=O) groups excluding carboxylic acids is 1. The van der Waals surface area contributed by atoms with Crippen molar-refractivity contribution in [1.29, 1.82) is 0 Å². The summed E-state index contributed by atoms with van der Waals surface area (Å²) in [4.78, 5) is 11.0. The maximum Gasteiger partial charge on any atom is 0.150 e. The number of hydrogen-bond acceptors (Lipinski definition) is 1. The Morgan fingerprint density at radius 3 is 2.29 bits per heavy atom. The third-order valence-corrected chi connectivity index (χ3v) is 2.62. The first-order valence-corrected chi connectivity index (χ1v) is 4.68. The van der Waals surface area contributed by atoms with Crippen molar-refractivity contribution in [3.8, 4) is 0 Å². The maximum absolute atomic E-state index is 11.0. The molecule has 0 unspecified atom stereocenters. The van der Waals surface area contributed by atoms with E-state index in [4.69, 9.17) is 0 Å². The van der Waals surface area contributed by atoms with Crippen molar-refractivity contribution in [2.75, 3.05) is 0 Å². The van der Waals surface area contributed by atoms with E-state index in [2.05, 4.69) is 19.1 Å². The topological polar surface area (TPSA) is 17.1 Å². The lowest BCUT2D eigenvalue weighted by atomic mass is 9.97. The highest BCUT2D eigenvalue weighted by Crippen LogP contribution is 2.24. The number of hydrogen-bond donors (Lipinski definition) is 0. The quantitative estimate of drug-likeness (QED) is 0.622. The summed E-state index contributed by atoms with van der Waals surface area (Å²) in [6.07, 6.45) is 0.942. The van der Waals surface area contributed by atoms with Gasteiger partial charge in [-0.15, -0.1) is 0 Å². The van der Waals surface area contributed by atoms with Crippen LogP contribution in [0.1, 0.15) is 21.5 Å². The second-order valence-electron chi connectivity index (χ2n) is 3.59. The van der Waals surface area contributed by atoms with E-state index >= 15 is 0 Å². The van der Waals surface area contributed by atoms with Crippen molar-refractivity contribution < 1.29 is 4.79 Å². The molecule has 70 valence electrons. The molecule has 0 N–H and O–H groups in total. The predicted octanol–water partition coefficient (Wildman–Crippen LogP) is 3.27. The van der Waals surface area contributed by atoms with Gasteiger partial charge in [0, 0.05) is 5.56 Å². The van der Waals surface area contributed by atoms with Gasteiger partial charge in [-0.2, -0.15) is 0 Å². The summed E-state index contributed by atoms with van der Waals surface area (Å²) in [7, 11) is 0. The number of carbonyl (C=O) groups is 1. The highest BCUT2D eigenvalue weighted by molar-refractivity contribution is 6.00. The summed E-state index contributed by atoms with van der Waals surface area (Å²) in [5.74, 6) is 0. The van der Waals surface area contributed by atoms with Crippen LogP contribution < -0.4 is 0 Å². The molecule has 0 bridgehead atoms. The molecule has 0 radical (unpaired) electrons. The van der Waals surface area contributed by atoms with Crippen LogP contribution >= 0.6 is 0 Å². The zero-order valence-electron chi connectivity index (χ0n) is 8.37. The summed E-state index contributed by atoms with van der Waals surface area (Å²) in [5, 5.41) is 2.22. The molecule has 2 aromatic carbocycles.